The second kappa shape index (κ2) is 7.15. The van der Waals surface area contributed by atoms with Gasteiger partial charge in [0.05, 0.1) is 22.6 Å². The number of aryl methyl sites for hydroxylation is 1. The van der Waals surface area contributed by atoms with Crippen LogP contribution in [0.25, 0.3) is 11.0 Å². The molecule has 1 unspecified atom stereocenters. The molecule has 6 nitrogen and oxygen atoms in total. The molecule has 1 aliphatic heterocycles. The van der Waals surface area contributed by atoms with Gasteiger partial charge in [0.15, 0.2) is 0 Å². The van der Waals surface area contributed by atoms with Crippen molar-refractivity contribution in [1.82, 2.24) is 14.5 Å². The highest BCUT2D eigenvalue weighted by molar-refractivity contribution is 6.06. The molecule has 6 heteroatoms. The molecule has 5 rings (SSSR count). The molecule has 148 valence electrons. The molecule has 1 atom stereocenters. The van der Waals surface area contributed by atoms with Gasteiger partial charge >= 0.3 is 0 Å². The van der Waals surface area contributed by atoms with Crippen molar-refractivity contribution in [2.45, 2.75) is 19.9 Å². The number of carbonyl (C=O) groups is 1. The average molecular weight is 395 g/mol. The number of nitrogens with one attached hydrogen (secondary N) is 2. The van der Waals surface area contributed by atoms with Crippen molar-refractivity contribution in [3.05, 3.63) is 95.5 Å². The third-order valence-corrected chi connectivity index (χ3v) is 5.41. The maximum atomic E-state index is 13.5. The number of pyridine rings is 1. The molecule has 30 heavy (non-hydrogen) atoms. The Hall–Kier alpha value is -3.93. The Kier molecular flexibility index (Phi) is 4.32. The van der Waals surface area contributed by atoms with Gasteiger partial charge in [-0.1, -0.05) is 29.8 Å². The summed E-state index contributed by atoms with van der Waals surface area (Å²) < 4.78 is 2.09. The highest BCUT2D eigenvalue weighted by Crippen LogP contribution is 2.39. The van der Waals surface area contributed by atoms with Crippen molar-refractivity contribution in [3.63, 3.8) is 0 Å². The van der Waals surface area contributed by atoms with E-state index in [4.69, 9.17) is 4.98 Å². The number of aromatic nitrogens is 3. The molecule has 1 aliphatic rings. The van der Waals surface area contributed by atoms with E-state index in [-0.39, 0.29) is 11.9 Å². The molecule has 0 spiro atoms. The fraction of sp³-hybridized carbons (Fsp3) is 0.125. The van der Waals surface area contributed by atoms with E-state index < -0.39 is 0 Å². The van der Waals surface area contributed by atoms with Crippen molar-refractivity contribution >= 4 is 28.6 Å². The number of amides is 1. The number of benzene rings is 2. The Morgan fingerprint density at radius 3 is 2.50 bits per heavy atom. The summed E-state index contributed by atoms with van der Waals surface area (Å²) in [6.07, 6.45) is 3.50. The number of fused-ring (bicyclic) bond motifs is 3. The second-order valence-corrected chi connectivity index (χ2v) is 7.46. The van der Waals surface area contributed by atoms with Crippen LogP contribution in [0.5, 0.6) is 0 Å². The Morgan fingerprint density at radius 2 is 1.73 bits per heavy atom. The standard InChI is InChI=1S/C24H21N5O/c1-15-7-9-18(10-8-15)27-23(30)21-16(2)26-24-28-19-5-3-4-6-20(19)29(24)22(21)17-11-13-25-14-12-17/h3-14,22H,1-2H3,(H,26,28)(H,27,30). The summed E-state index contributed by atoms with van der Waals surface area (Å²) in [7, 11) is 0. The SMILES string of the molecule is CC1=C(C(=O)Nc2ccc(C)cc2)C(c2ccncc2)n2c(nc3ccccc32)N1. The normalized spacial score (nSPS) is 15.6. The van der Waals surface area contributed by atoms with Crippen LogP contribution in [0.3, 0.4) is 0 Å². The number of para-hydroxylation sites is 2. The number of hydrogen-bond acceptors (Lipinski definition) is 4. The van der Waals surface area contributed by atoms with Crippen LogP contribution in [0.4, 0.5) is 11.6 Å². The third kappa shape index (κ3) is 3.03. The number of imidazole rings is 1. The minimum absolute atomic E-state index is 0.144. The Morgan fingerprint density at radius 1 is 1.00 bits per heavy atom. The van der Waals surface area contributed by atoms with Gasteiger partial charge in [-0.2, -0.15) is 0 Å². The summed E-state index contributed by atoms with van der Waals surface area (Å²) >= 11 is 0. The molecular formula is C24H21N5O. The summed E-state index contributed by atoms with van der Waals surface area (Å²) in [6, 6.07) is 19.3. The van der Waals surface area contributed by atoms with Gasteiger partial charge in [-0.3, -0.25) is 14.3 Å². The number of anilines is 2. The van der Waals surface area contributed by atoms with Gasteiger partial charge in [-0.05, 0) is 55.8 Å². The van der Waals surface area contributed by atoms with Gasteiger partial charge in [0.1, 0.15) is 0 Å². The fourth-order valence-corrected chi connectivity index (χ4v) is 3.95. The number of nitrogens with zero attached hydrogens (tertiary/aromatic N) is 3. The third-order valence-electron chi connectivity index (χ3n) is 5.41. The molecule has 1 amide bonds. The molecule has 2 aromatic heterocycles. The van der Waals surface area contributed by atoms with Crippen LogP contribution in [-0.4, -0.2) is 20.4 Å². The van der Waals surface area contributed by atoms with Crippen molar-refractivity contribution in [2.75, 3.05) is 10.6 Å². The molecule has 0 saturated heterocycles. The number of rotatable bonds is 3. The van der Waals surface area contributed by atoms with Gasteiger partial charge in [-0.25, -0.2) is 4.98 Å². The van der Waals surface area contributed by atoms with Crippen LogP contribution in [-0.2, 0) is 4.79 Å². The van der Waals surface area contributed by atoms with E-state index in [2.05, 4.69) is 20.2 Å². The lowest BCUT2D eigenvalue weighted by Gasteiger charge is -2.30. The molecule has 4 aromatic rings. The molecule has 0 radical (unpaired) electrons. The van der Waals surface area contributed by atoms with Crippen LogP contribution in [0.2, 0.25) is 0 Å². The number of carbonyl (C=O) groups excluding carboxylic acids is 1. The summed E-state index contributed by atoms with van der Waals surface area (Å²) in [6.45, 7) is 3.94. The number of allylic oxidation sites excluding steroid dienone is 1. The van der Waals surface area contributed by atoms with Crippen LogP contribution < -0.4 is 10.6 Å². The van der Waals surface area contributed by atoms with Gasteiger partial charge in [-0.15, -0.1) is 0 Å². The van der Waals surface area contributed by atoms with Gasteiger partial charge in [0, 0.05) is 23.8 Å². The van der Waals surface area contributed by atoms with Crippen LogP contribution in [0, 0.1) is 6.92 Å². The van der Waals surface area contributed by atoms with Gasteiger partial charge in [0.25, 0.3) is 5.91 Å². The Labute approximate surface area is 174 Å². The first-order valence-electron chi connectivity index (χ1n) is 9.84. The van der Waals surface area contributed by atoms with E-state index in [0.29, 0.717) is 5.57 Å². The van der Waals surface area contributed by atoms with Crippen molar-refractivity contribution in [1.29, 1.82) is 0 Å². The zero-order valence-electron chi connectivity index (χ0n) is 16.8. The first kappa shape index (κ1) is 18.1. The van der Waals surface area contributed by atoms with Crippen LogP contribution >= 0.6 is 0 Å². The predicted molar refractivity (Wildman–Crippen MR) is 118 cm³/mol. The van der Waals surface area contributed by atoms with Gasteiger partial charge < -0.3 is 10.6 Å². The lowest BCUT2D eigenvalue weighted by atomic mass is 9.95. The second-order valence-electron chi connectivity index (χ2n) is 7.46. The molecule has 0 bridgehead atoms. The molecule has 2 aromatic carbocycles. The van der Waals surface area contributed by atoms with E-state index in [1.807, 2.05) is 74.5 Å². The summed E-state index contributed by atoms with van der Waals surface area (Å²) in [5, 5.41) is 6.38. The van der Waals surface area contributed by atoms with E-state index in [1.165, 1.54) is 0 Å². The monoisotopic (exact) mass is 395 g/mol. The highest BCUT2D eigenvalue weighted by Gasteiger charge is 2.34. The van der Waals surface area contributed by atoms with E-state index in [9.17, 15) is 4.79 Å². The Bertz CT molecular complexity index is 1270. The molecular weight excluding hydrogens is 374 g/mol. The molecule has 0 fully saturated rings. The van der Waals surface area contributed by atoms with E-state index in [1.54, 1.807) is 12.4 Å². The summed E-state index contributed by atoms with van der Waals surface area (Å²) in [5.41, 5.74) is 6.17. The van der Waals surface area contributed by atoms with Crippen LogP contribution in [0.15, 0.2) is 84.3 Å². The summed E-state index contributed by atoms with van der Waals surface area (Å²) in [5.74, 6) is 0.580. The topological polar surface area (TPSA) is 71.8 Å². The van der Waals surface area contributed by atoms with Crippen molar-refractivity contribution < 1.29 is 4.79 Å². The maximum Gasteiger partial charge on any atom is 0.255 e. The average Bonchev–Trinajstić information content (AvgIpc) is 3.12. The molecule has 2 N–H and O–H groups in total. The van der Waals surface area contributed by atoms with E-state index in [0.717, 1.165) is 39.5 Å². The zero-order chi connectivity index (χ0) is 20.7. The highest BCUT2D eigenvalue weighted by atomic mass is 16.1. The number of hydrogen-bond donors (Lipinski definition) is 2. The first-order chi connectivity index (χ1) is 14.6. The van der Waals surface area contributed by atoms with Crippen LogP contribution in [0.1, 0.15) is 24.1 Å². The predicted octanol–water partition coefficient (Wildman–Crippen LogP) is 4.67. The minimum Gasteiger partial charge on any atom is -0.329 e. The smallest absolute Gasteiger partial charge is 0.255 e. The van der Waals surface area contributed by atoms with E-state index >= 15 is 0 Å². The van der Waals surface area contributed by atoms with Crippen molar-refractivity contribution in [2.24, 2.45) is 0 Å². The molecule has 3 heterocycles. The largest absolute Gasteiger partial charge is 0.329 e. The minimum atomic E-state index is -0.318. The molecule has 0 aliphatic carbocycles. The van der Waals surface area contributed by atoms with Crippen molar-refractivity contribution in [3.8, 4) is 0 Å². The Balaban J connectivity index is 1.65. The fourth-order valence-electron chi connectivity index (χ4n) is 3.95. The molecule has 0 saturated carbocycles. The summed E-state index contributed by atoms with van der Waals surface area (Å²) in [4.78, 5) is 22.3. The lowest BCUT2D eigenvalue weighted by molar-refractivity contribution is -0.113. The quantitative estimate of drug-likeness (QED) is 0.529. The zero-order valence-corrected chi connectivity index (χ0v) is 16.8. The van der Waals surface area contributed by atoms with Gasteiger partial charge in [0.2, 0.25) is 5.95 Å². The first-order valence-corrected chi connectivity index (χ1v) is 9.84. The lowest BCUT2D eigenvalue weighted by Crippen LogP contribution is -2.30. The maximum absolute atomic E-state index is 13.5.